The maximum absolute atomic E-state index is 13.6. The SMILES string of the molecule is COc1cccc(OC)c1C(=O)N1CCC[C@@H]1c1nc(CN(C)C(C)=O)cc(N(C)C)n1. The van der Waals surface area contributed by atoms with Crippen molar-refractivity contribution in [3.05, 3.63) is 41.3 Å². The Morgan fingerprint density at radius 2 is 1.78 bits per heavy atom. The highest BCUT2D eigenvalue weighted by molar-refractivity contribution is 6.00. The maximum Gasteiger partial charge on any atom is 0.262 e. The van der Waals surface area contributed by atoms with E-state index in [1.165, 1.54) is 21.1 Å². The second-order valence-corrected chi connectivity index (χ2v) is 8.04. The fraction of sp³-hybridized carbons (Fsp3) is 0.478. The molecule has 32 heavy (non-hydrogen) atoms. The highest BCUT2D eigenvalue weighted by Crippen LogP contribution is 2.36. The van der Waals surface area contributed by atoms with Crippen molar-refractivity contribution < 1.29 is 19.1 Å². The molecule has 0 bridgehead atoms. The number of anilines is 1. The number of ether oxygens (including phenoxy) is 2. The zero-order valence-electron chi connectivity index (χ0n) is 19.6. The fourth-order valence-electron chi connectivity index (χ4n) is 3.80. The molecule has 1 fully saturated rings. The minimum absolute atomic E-state index is 0.0440. The molecule has 2 heterocycles. The van der Waals surface area contributed by atoms with E-state index in [1.807, 2.05) is 25.1 Å². The first-order valence-corrected chi connectivity index (χ1v) is 10.6. The molecule has 0 saturated carbocycles. The Hall–Kier alpha value is -3.36. The Balaban J connectivity index is 2.00. The molecule has 1 aromatic heterocycles. The van der Waals surface area contributed by atoms with E-state index in [2.05, 4.69) is 0 Å². The van der Waals surface area contributed by atoms with E-state index in [0.717, 1.165) is 24.4 Å². The number of carbonyl (C=O) groups is 2. The van der Waals surface area contributed by atoms with E-state index >= 15 is 0 Å². The number of benzene rings is 1. The Labute approximate surface area is 188 Å². The van der Waals surface area contributed by atoms with E-state index in [-0.39, 0.29) is 17.9 Å². The molecule has 0 spiro atoms. The molecule has 1 saturated heterocycles. The van der Waals surface area contributed by atoms with E-state index in [4.69, 9.17) is 19.4 Å². The van der Waals surface area contributed by atoms with Crippen LogP contribution in [0.25, 0.3) is 0 Å². The lowest BCUT2D eigenvalue weighted by atomic mass is 10.1. The topological polar surface area (TPSA) is 88.1 Å². The van der Waals surface area contributed by atoms with Crippen molar-refractivity contribution in [1.29, 1.82) is 0 Å². The van der Waals surface area contributed by atoms with Crippen LogP contribution in [0, 0.1) is 0 Å². The molecular formula is C23H31N5O4. The van der Waals surface area contributed by atoms with Gasteiger partial charge in [-0.2, -0.15) is 0 Å². The molecule has 9 heteroatoms. The summed E-state index contributed by atoms with van der Waals surface area (Å²) < 4.78 is 10.9. The molecule has 3 rings (SSSR count). The van der Waals surface area contributed by atoms with Gasteiger partial charge in [0.05, 0.1) is 32.5 Å². The first-order chi connectivity index (χ1) is 15.3. The Morgan fingerprint density at radius 1 is 1.12 bits per heavy atom. The molecule has 2 aromatic rings. The summed E-state index contributed by atoms with van der Waals surface area (Å²) in [5, 5.41) is 0. The third-order valence-electron chi connectivity index (χ3n) is 5.63. The molecule has 0 unspecified atom stereocenters. The Bertz CT molecular complexity index is 972. The molecule has 0 radical (unpaired) electrons. The van der Waals surface area contributed by atoms with Crippen LogP contribution in [0.5, 0.6) is 11.5 Å². The van der Waals surface area contributed by atoms with Crippen molar-refractivity contribution in [3.8, 4) is 11.5 Å². The van der Waals surface area contributed by atoms with Crippen LogP contribution in [0.1, 0.15) is 47.7 Å². The molecule has 0 aliphatic carbocycles. The van der Waals surface area contributed by atoms with Crippen LogP contribution in [0.15, 0.2) is 24.3 Å². The number of rotatable bonds is 7. The lowest BCUT2D eigenvalue weighted by molar-refractivity contribution is -0.128. The zero-order valence-corrected chi connectivity index (χ0v) is 19.6. The quantitative estimate of drug-likeness (QED) is 0.652. The monoisotopic (exact) mass is 441 g/mol. The molecule has 172 valence electrons. The van der Waals surface area contributed by atoms with Crippen LogP contribution in [0.2, 0.25) is 0 Å². The summed E-state index contributed by atoms with van der Waals surface area (Å²) in [5.41, 5.74) is 1.12. The molecule has 1 aliphatic heterocycles. The van der Waals surface area contributed by atoms with Crippen LogP contribution >= 0.6 is 0 Å². The van der Waals surface area contributed by atoms with Gasteiger partial charge in [-0.25, -0.2) is 9.97 Å². The van der Waals surface area contributed by atoms with Crippen molar-refractivity contribution in [2.75, 3.05) is 46.8 Å². The number of nitrogens with zero attached hydrogens (tertiary/aromatic N) is 5. The third kappa shape index (κ3) is 4.76. The third-order valence-corrected chi connectivity index (χ3v) is 5.63. The first kappa shape index (κ1) is 23.3. The molecule has 1 aliphatic rings. The number of hydrogen-bond donors (Lipinski definition) is 0. The average molecular weight is 442 g/mol. The minimum atomic E-state index is -0.279. The molecule has 1 atom stereocenters. The van der Waals surface area contributed by atoms with Gasteiger partial charge >= 0.3 is 0 Å². The first-order valence-electron chi connectivity index (χ1n) is 10.6. The van der Waals surface area contributed by atoms with Crippen molar-refractivity contribution in [2.24, 2.45) is 0 Å². The summed E-state index contributed by atoms with van der Waals surface area (Å²) in [6.07, 6.45) is 1.59. The van der Waals surface area contributed by atoms with Crippen LogP contribution in [0.4, 0.5) is 5.82 Å². The second-order valence-electron chi connectivity index (χ2n) is 8.04. The highest BCUT2D eigenvalue weighted by atomic mass is 16.5. The zero-order chi connectivity index (χ0) is 23.4. The van der Waals surface area contributed by atoms with Gasteiger partial charge < -0.3 is 24.2 Å². The number of aromatic nitrogens is 2. The smallest absolute Gasteiger partial charge is 0.262 e. The van der Waals surface area contributed by atoms with Crippen LogP contribution in [0.3, 0.4) is 0 Å². The van der Waals surface area contributed by atoms with Crippen molar-refractivity contribution >= 4 is 17.6 Å². The standard InChI is InChI=1S/C23H31N5O4/c1-15(29)27(4)14-16-13-20(26(2)3)25-22(24-16)17-9-8-12-28(17)23(30)21-18(31-5)10-7-11-19(21)32-6/h7,10-11,13,17H,8-9,12,14H2,1-6H3/t17-/m1/s1. The Kier molecular flexibility index (Phi) is 7.17. The van der Waals surface area contributed by atoms with Gasteiger partial charge in [-0.05, 0) is 25.0 Å². The van der Waals surface area contributed by atoms with E-state index < -0.39 is 0 Å². The molecule has 1 aromatic carbocycles. The van der Waals surface area contributed by atoms with Crippen molar-refractivity contribution in [1.82, 2.24) is 19.8 Å². The number of amides is 2. The largest absolute Gasteiger partial charge is 0.496 e. The number of hydrogen-bond acceptors (Lipinski definition) is 7. The van der Waals surface area contributed by atoms with E-state index in [1.54, 1.807) is 35.0 Å². The maximum atomic E-state index is 13.6. The predicted molar refractivity (Wildman–Crippen MR) is 121 cm³/mol. The number of carbonyl (C=O) groups excluding carboxylic acids is 2. The van der Waals surface area contributed by atoms with Crippen LogP contribution in [-0.2, 0) is 11.3 Å². The van der Waals surface area contributed by atoms with Gasteiger partial charge in [-0.15, -0.1) is 0 Å². The van der Waals surface area contributed by atoms with Gasteiger partial charge in [0.2, 0.25) is 5.91 Å². The summed E-state index contributed by atoms with van der Waals surface area (Å²) in [6, 6.07) is 6.88. The second kappa shape index (κ2) is 9.84. The van der Waals surface area contributed by atoms with Gasteiger partial charge in [-0.3, -0.25) is 9.59 Å². The normalized spacial score (nSPS) is 15.4. The van der Waals surface area contributed by atoms with E-state index in [9.17, 15) is 9.59 Å². The van der Waals surface area contributed by atoms with Gasteiger partial charge in [0, 0.05) is 40.7 Å². The average Bonchev–Trinajstić information content (AvgIpc) is 3.27. The summed E-state index contributed by atoms with van der Waals surface area (Å²) in [4.78, 5) is 40.1. The molecule has 0 N–H and O–H groups in total. The summed E-state index contributed by atoms with van der Waals surface area (Å²) >= 11 is 0. The molecule has 9 nitrogen and oxygen atoms in total. The molecular weight excluding hydrogens is 410 g/mol. The molecule has 2 amide bonds. The summed E-state index contributed by atoms with van der Waals surface area (Å²) in [7, 11) is 8.62. The van der Waals surface area contributed by atoms with Crippen LogP contribution in [-0.4, -0.2) is 73.5 Å². The summed E-state index contributed by atoms with van der Waals surface area (Å²) in [5.74, 6) is 2.01. The van der Waals surface area contributed by atoms with E-state index in [0.29, 0.717) is 36.0 Å². The minimum Gasteiger partial charge on any atom is -0.496 e. The highest BCUT2D eigenvalue weighted by Gasteiger charge is 2.35. The fourth-order valence-corrected chi connectivity index (χ4v) is 3.80. The van der Waals surface area contributed by atoms with Gasteiger partial charge in [-0.1, -0.05) is 6.07 Å². The lowest BCUT2D eigenvalue weighted by Gasteiger charge is -2.26. The van der Waals surface area contributed by atoms with Gasteiger partial charge in [0.25, 0.3) is 5.91 Å². The van der Waals surface area contributed by atoms with Crippen LogP contribution < -0.4 is 14.4 Å². The van der Waals surface area contributed by atoms with Crippen molar-refractivity contribution in [3.63, 3.8) is 0 Å². The summed E-state index contributed by atoms with van der Waals surface area (Å²) in [6.45, 7) is 2.47. The Morgan fingerprint density at radius 3 is 2.34 bits per heavy atom. The van der Waals surface area contributed by atoms with Gasteiger partial charge in [0.15, 0.2) is 5.82 Å². The lowest BCUT2D eigenvalue weighted by Crippen LogP contribution is -2.33. The number of methoxy groups -OCH3 is 2. The predicted octanol–water partition coefficient (Wildman–Crippen LogP) is 2.52. The van der Waals surface area contributed by atoms with Crippen molar-refractivity contribution in [2.45, 2.75) is 32.4 Å². The number of likely N-dealkylation sites (tertiary alicyclic amines) is 1. The van der Waals surface area contributed by atoms with Gasteiger partial charge in [0.1, 0.15) is 22.9 Å².